The van der Waals surface area contributed by atoms with Crippen molar-refractivity contribution in [3.05, 3.63) is 41.7 Å². The van der Waals surface area contributed by atoms with E-state index in [-0.39, 0.29) is 23.3 Å². The van der Waals surface area contributed by atoms with Crippen LogP contribution in [0.5, 0.6) is 0 Å². The van der Waals surface area contributed by atoms with Gasteiger partial charge in [-0.15, -0.1) is 0 Å². The number of aromatic nitrogens is 1. The van der Waals surface area contributed by atoms with E-state index in [1.165, 1.54) is 24.8 Å². The van der Waals surface area contributed by atoms with Crippen molar-refractivity contribution < 1.29 is 14.7 Å². The molecule has 0 radical (unpaired) electrons. The second-order valence-corrected chi connectivity index (χ2v) is 11.7. The number of hydrogen-bond acceptors (Lipinski definition) is 5. The Bertz CT molecular complexity index is 988. The highest BCUT2D eigenvalue weighted by atomic mass is 16.6. The Morgan fingerprint density at radius 1 is 1.15 bits per heavy atom. The maximum absolute atomic E-state index is 12.1. The predicted molar refractivity (Wildman–Crippen MR) is 132 cm³/mol. The molecule has 3 saturated carbocycles. The minimum atomic E-state index is -0.521. The van der Waals surface area contributed by atoms with Crippen molar-refractivity contribution in [3.63, 3.8) is 0 Å². The first-order valence-electron chi connectivity index (χ1n) is 13.0. The summed E-state index contributed by atoms with van der Waals surface area (Å²) in [5.74, 6) is 1.86. The van der Waals surface area contributed by atoms with Gasteiger partial charge >= 0.3 is 0 Å². The molecular formula is C28H39N3O3. The molecule has 0 spiro atoms. The number of fused-ring (bicyclic) bond motifs is 5. The number of carbonyl (C=O) groups is 1. The van der Waals surface area contributed by atoms with E-state index in [0.29, 0.717) is 24.3 Å². The minimum Gasteiger partial charge on any atom is -0.390 e. The summed E-state index contributed by atoms with van der Waals surface area (Å²) in [5, 5.41) is 18.2. The van der Waals surface area contributed by atoms with Crippen LogP contribution in [0.4, 0.5) is 0 Å². The standard InChI is InChI=1S/C28H39N3O3/c1-26-12-9-20(31-34-18-25(32)30-17-21-6-4-5-15-29-21)16-19(26)7-8-22-23(26)10-13-27(2)24(22)11-14-28(27,3)33/h4-6,15-16,22-24,33H,7-14,17-18H2,1-3H3,(H,30,32)/b31-20+/t22-,23?,24?,26+,27+,28+/m1/s1. The number of carbonyl (C=O) groups excluding carboxylic acids is 1. The molecule has 34 heavy (non-hydrogen) atoms. The van der Waals surface area contributed by atoms with Crippen LogP contribution >= 0.6 is 0 Å². The van der Waals surface area contributed by atoms with Gasteiger partial charge in [-0.1, -0.05) is 30.6 Å². The zero-order valence-corrected chi connectivity index (χ0v) is 20.8. The average molecular weight is 466 g/mol. The zero-order valence-electron chi connectivity index (χ0n) is 20.8. The first-order chi connectivity index (χ1) is 16.2. The second-order valence-electron chi connectivity index (χ2n) is 11.7. The Morgan fingerprint density at radius 2 is 1.97 bits per heavy atom. The topological polar surface area (TPSA) is 83.8 Å². The quantitative estimate of drug-likeness (QED) is 0.613. The highest BCUT2D eigenvalue weighted by molar-refractivity contribution is 5.96. The molecular weight excluding hydrogens is 426 g/mol. The predicted octanol–water partition coefficient (Wildman–Crippen LogP) is 4.78. The van der Waals surface area contributed by atoms with Crippen molar-refractivity contribution in [1.82, 2.24) is 10.3 Å². The third-order valence-corrected chi connectivity index (χ3v) is 10.1. The molecule has 0 saturated heterocycles. The van der Waals surface area contributed by atoms with Crippen LogP contribution in [0.15, 0.2) is 41.2 Å². The molecule has 5 rings (SSSR count). The van der Waals surface area contributed by atoms with Gasteiger partial charge in [0.2, 0.25) is 0 Å². The van der Waals surface area contributed by atoms with Crippen LogP contribution in [0.25, 0.3) is 0 Å². The van der Waals surface area contributed by atoms with Crippen LogP contribution in [0, 0.1) is 28.6 Å². The van der Waals surface area contributed by atoms with E-state index in [9.17, 15) is 9.90 Å². The lowest BCUT2D eigenvalue weighted by Gasteiger charge is -2.59. The molecule has 3 fully saturated rings. The number of allylic oxidation sites excluding steroid dienone is 2. The van der Waals surface area contributed by atoms with Gasteiger partial charge in [0.25, 0.3) is 5.91 Å². The lowest BCUT2D eigenvalue weighted by Crippen LogP contribution is -2.53. The number of pyridine rings is 1. The van der Waals surface area contributed by atoms with Gasteiger partial charge in [0.15, 0.2) is 6.61 Å². The number of aliphatic hydroxyl groups is 1. The molecule has 2 N–H and O–H groups in total. The molecule has 6 nitrogen and oxygen atoms in total. The first-order valence-corrected chi connectivity index (χ1v) is 13.0. The number of amides is 1. The average Bonchev–Trinajstić information content (AvgIpc) is 3.07. The normalized spacial score (nSPS) is 40.1. The molecule has 1 heterocycles. The molecule has 1 amide bonds. The van der Waals surface area contributed by atoms with Crippen molar-refractivity contribution in [3.8, 4) is 0 Å². The van der Waals surface area contributed by atoms with Crippen LogP contribution in [0.1, 0.15) is 77.8 Å². The Labute approximate surface area is 203 Å². The van der Waals surface area contributed by atoms with Gasteiger partial charge in [-0.05, 0) is 105 Å². The van der Waals surface area contributed by atoms with Crippen molar-refractivity contribution in [2.45, 2.75) is 84.3 Å². The molecule has 6 heteroatoms. The fraction of sp³-hybridized carbons (Fsp3) is 0.679. The monoisotopic (exact) mass is 465 g/mol. The molecule has 0 aliphatic heterocycles. The van der Waals surface area contributed by atoms with Crippen LogP contribution in [-0.2, 0) is 16.2 Å². The van der Waals surface area contributed by atoms with Gasteiger partial charge < -0.3 is 15.3 Å². The second kappa shape index (κ2) is 8.78. The summed E-state index contributed by atoms with van der Waals surface area (Å²) < 4.78 is 0. The summed E-state index contributed by atoms with van der Waals surface area (Å²) >= 11 is 0. The third-order valence-electron chi connectivity index (χ3n) is 10.1. The van der Waals surface area contributed by atoms with Crippen LogP contribution in [-0.4, -0.2) is 33.9 Å². The Balaban J connectivity index is 1.20. The van der Waals surface area contributed by atoms with Gasteiger partial charge in [0, 0.05) is 6.20 Å². The van der Waals surface area contributed by atoms with Crippen molar-refractivity contribution in [1.29, 1.82) is 0 Å². The first kappa shape index (κ1) is 23.5. The molecule has 0 aromatic carbocycles. The summed E-state index contributed by atoms with van der Waals surface area (Å²) in [5.41, 5.74) is 3.05. The maximum atomic E-state index is 12.1. The van der Waals surface area contributed by atoms with Gasteiger partial charge in [0.1, 0.15) is 0 Å². The summed E-state index contributed by atoms with van der Waals surface area (Å²) in [4.78, 5) is 21.7. The fourth-order valence-corrected chi connectivity index (χ4v) is 7.80. The van der Waals surface area contributed by atoms with Crippen molar-refractivity contribution in [2.24, 2.45) is 33.7 Å². The number of nitrogens with one attached hydrogen (secondary N) is 1. The minimum absolute atomic E-state index is 0.0675. The van der Waals surface area contributed by atoms with Gasteiger partial charge in [-0.25, -0.2) is 0 Å². The number of hydrogen-bond donors (Lipinski definition) is 2. The van der Waals surface area contributed by atoms with E-state index in [1.54, 1.807) is 6.20 Å². The van der Waals surface area contributed by atoms with Crippen LogP contribution in [0.3, 0.4) is 0 Å². The molecule has 4 aliphatic carbocycles. The van der Waals surface area contributed by atoms with Crippen molar-refractivity contribution in [2.75, 3.05) is 6.61 Å². The maximum Gasteiger partial charge on any atom is 0.261 e. The summed E-state index contributed by atoms with van der Waals surface area (Å²) in [6.07, 6.45) is 12.7. The number of oxime groups is 1. The van der Waals surface area contributed by atoms with E-state index in [4.69, 9.17) is 4.84 Å². The number of rotatable bonds is 5. The molecule has 6 atom stereocenters. The molecule has 184 valence electrons. The zero-order chi connectivity index (χ0) is 24.0. The summed E-state index contributed by atoms with van der Waals surface area (Å²) in [7, 11) is 0. The SMILES string of the molecule is C[C@]12CC/C(=N\OCC(=O)NCc3ccccn3)C=C1CC[C@@H]1C2CC[C@@]2(C)C1CC[C@]2(C)O. The van der Waals surface area contributed by atoms with E-state index in [1.807, 2.05) is 18.2 Å². The van der Waals surface area contributed by atoms with Gasteiger partial charge in [-0.2, -0.15) is 0 Å². The fourth-order valence-electron chi connectivity index (χ4n) is 7.80. The van der Waals surface area contributed by atoms with Crippen LogP contribution < -0.4 is 5.32 Å². The van der Waals surface area contributed by atoms with Gasteiger partial charge in [-0.3, -0.25) is 9.78 Å². The van der Waals surface area contributed by atoms with Gasteiger partial charge in [0.05, 0.1) is 23.6 Å². The van der Waals surface area contributed by atoms with E-state index in [2.05, 4.69) is 42.3 Å². The molecule has 1 aromatic rings. The summed E-state index contributed by atoms with van der Waals surface area (Å²) in [6.45, 7) is 7.20. The molecule has 1 aromatic heterocycles. The third kappa shape index (κ3) is 3.98. The highest BCUT2D eigenvalue weighted by Gasteiger charge is 2.62. The van der Waals surface area contributed by atoms with Crippen LogP contribution in [0.2, 0.25) is 0 Å². The van der Waals surface area contributed by atoms with E-state index in [0.717, 1.165) is 43.5 Å². The Kier molecular flexibility index (Phi) is 6.07. The lowest BCUT2D eigenvalue weighted by molar-refractivity contribution is -0.125. The summed E-state index contributed by atoms with van der Waals surface area (Å²) in [6, 6.07) is 5.63. The number of nitrogens with zero attached hydrogens (tertiary/aromatic N) is 2. The molecule has 0 bridgehead atoms. The largest absolute Gasteiger partial charge is 0.390 e. The van der Waals surface area contributed by atoms with Crippen molar-refractivity contribution >= 4 is 11.6 Å². The highest BCUT2D eigenvalue weighted by Crippen LogP contribution is 2.67. The van der Waals surface area contributed by atoms with E-state index >= 15 is 0 Å². The molecule has 2 unspecified atom stereocenters. The molecule has 4 aliphatic rings. The smallest absolute Gasteiger partial charge is 0.261 e. The Hall–Kier alpha value is -2.21. The van der Waals surface area contributed by atoms with E-state index < -0.39 is 5.60 Å². The lowest BCUT2D eigenvalue weighted by atomic mass is 9.46. The Morgan fingerprint density at radius 3 is 2.76 bits per heavy atom.